The first-order chi connectivity index (χ1) is 12.7. The van der Waals surface area contributed by atoms with E-state index in [1.807, 2.05) is 58.0 Å². The van der Waals surface area contributed by atoms with Crippen LogP contribution in [-0.4, -0.2) is 35.0 Å². The molecular formula is C21H28INO4. The van der Waals surface area contributed by atoms with Crippen LogP contribution in [0.15, 0.2) is 39.6 Å². The quantitative estimate of drug-likeness (QED) is 0.518. The fraction of sp³-hybridized carbons (Fsp3) is 0.524. The summed E-state index contributed by atoms with van der Waals surface area (Å²) in [5.74, 6) is 0.0622. The van der Waals surface area contributed by atoms with E-state index < -0.39 is 11.7 Å². The standard InChI is InChI=1S/C21H28INO4/c1-5-9-17-19(22)18(24)12-16(23(17)20(25)27-21(2,3)4)14-26-13-15-10-7-6-8-11-15/h6-8,10-11,16H,5,9,12-14H2,1-4H3. The van der Waals surface area contributed by atoms with Crippen molar-refractivity contribution in [2.75, 3.05) is 6.61 Å². The van der Waals surface area contributed by atoms with E-state index in [0.717, 1.165) is 17.7 Å². The van der Waals surface area contributed by atoms with E-state index in [-0.39, 0.29) is 24.9 Å². The maximum Gasteiger partial charge on any atom is 0.414 e. The predicted molar refractivity (Wildman–Crippen MR) is 114 cm³/mol. The van der Waals surface area contributed by atoms with Gasteiger partial charge in [-0.25, -0.2) is 4.79 Å². The molecule has 148 valence electrons. The molecule has 1 aromatic rings. The Hall–Kier alpha value is -1.41. The summed E-state index contributed by atoms with van der Waals surface area (Å²) < 4.78 is 12.1. The maximum atomic E-state index is 12.9. The third-order valence-electron chi connectivity index (χ3n) is 4.07. The highest BCUT2D eigenvalue weighted by molar-refractivity contribution is 14.1. The number of ether oxygens (including phenoxy) is 2. The molecule has 0 saturated heterocycles. The number of Topliss-reactive ketones (excluding diaryl/α,β-unsaturated/α-hetero) is 1. The molecule has 0 spiro atoms. The second-order valence-electron chi connectivity index (χ2n) is 7.64. The third-order valence-corrected chi connectivity index (χ3v) is 5.30. The van der Waals surface area contributed by atoms with Gasteiger partial charge in [0.25, 0.3) is 0 Å². The summed E-state index contributed by atoms with van der Waals surface area (Å²) in [5.41, 5.74) is 1.20. The van der Waals surface area contributed by atoms with Crippen molar-refractivity contribution in [1.82, 2.24) is 4.90 Å². The number of benzene rings is 1. The van der Waals surface area contributed by atoms with E-state index in [1.165, 1.54) is 0 Å². The first kappa shape index (κ1) is 21.9. The topological polar surface area (TPSA) is 55.8 Å². The van der Waals surface area contributed by atoms with Crippen LogP contribution in [0, 0.1) is 0 Å². The van der Waals surface area contributed by atoms with Gasteiger partial charge in [0.2, 0.25) is 0 Å². The van der Waals surface area contributed by atoms with Crippen molar-refractivity contribution >= 4 is 34.5 Å². The second-order valence-corrected chi connectivity index (χ2v) is 8.72. The van der Waals surface area contributed by atoms with Gasteiger partial charge in [-0.2, -0.15) is 0 Å². The Morgan fingerprint density at radius 1 is 1.26 bits per heavy atom. The van der Waals surface area contributed by atoms with Gasteiger partial charge in [0.1, 0.15) is 5.60 Å². The molecule has 0 aliphatic carbocycles. The van der Waals surface area contributed by atoms with Crippen molar-refractivity contribution in [3.05, 3.63) is 45.2 Å². The molecule has 6 heteroatoms. The van der Waals surface area contributed by atoms with Crippen LogP contribution in [0.25, 0.3) is 0 Å². The molecule has 1 atom stereocenters. The lowest BCUT2D eigenvalue weighted by molar-refractivity contribution is -0.117. The summed E-state index contributed by atoms with van der Waals surface area (Å²) in [6.45, 7) is 8.29. The molecule has 0 saturated carbocycles. The van der Waals surface area contributed by atoms with Gasteiger partial charge in [0, 0.05) is 12.1 Å². The highest BCUT2D eigenvalue weighted by Crippen LogP contribution is 2.33. The summed E-state index contributed by atoms with van der Waals surface area (Å²) in [6, 6.07) is 9.50. The van der Waals surface area contributed by atoms with Crippen molar-refractivity contribution in [2.45, 2.75) is 65.2 Å². The minimum Gasteiger partial charge on any atom is -0.443 e. The largest absolute Gasteiger partial charge is 0.443 e. The highest BCUT2D eigenvalue weighted by atomic mass is 127. The molecule has 1 amide bonds. The van der Waals surface area contributed by atoms with Gasteiger partial charge in [-0.05, 0) is 55.3 Å². The molecule has 0 N–H and O–H groups in total. The van der Waals surface area contributed by atoms with Gasteiger partial charge in [-0.1, -0.05) is 43.7 Å². The van der Waals surface area contributed by atoms with E-state index in [0.29, 0.717) is 16.6 Å². The molecule has 0 aromatic heterocycles. The van der Waals surface area contributed by atoms with E-state index >= 15 is 0 Å². The van der Waals surface area contributed by atoms with Gasteiger partial charge in [0.15, 0.2) is 5.78 Å². The second kappa shape index (κ2) is 9.68. The summed E-state index contributed by atoms with van der Waals surface area (Å²) in [7, 11) is 0. The van der Waals surface area contributed by atoms with Gasteiger partial charge < -0.3 is 9.47 Å². The Labute approximate surface area is 175 Å². The Kier molecular flexibility index (Phi) is 7.85. The first-order valence-corrected chi connectivity index (χ1v) is 10.4. The number of carbonyl (C=O) groups is 2. The van der Waals surface area contributed by atoms with Gasteiger partial charge in [-0.3, -0.25) is 9.69 Å². The van der Waals surface area contributed by atoms with Crippen LogP contribution in [0.4, 0.5) is 4.79 Å². The number of rotatable bonds is 6. The van der Waals surface area contributed by atoms with Crippen molar-refractivity contribution in [2.24, 2.45) is 0 Å². The zero-order chi connectivity index (χ0) is 20.0. The summed E-state index contributed by atoms with van der Waals surface area (Å²) in [4.78, 5) is 27.0. The molecule has 0 bridgehead atoms. The summed E-state index contributed by atoms with van der Waals surface area (Å²) in [6.07, 6.45) is 1.32. The van der Waals surface area contributed by atoms with Crippen LogP contribution in [0.5, 0.6) is 0 Å². The summed E-state index contributed by atoms with van der Waals surface area (Å²) >= 11 is 2.05. The fourth-order valence-electron chi connectivity index (χ4n) is 2.94. The molecule has 27 heavy (non-hydrogen) atoms. The zero-order valence-corrected chi connectivity index (χ0v) is 18.6. The number of nitrogens with zero attached hydrogens (tertiary/aromatic N) is 1. The molecule has 0 radical (unpaired) electrons. The molecule has 1 aliphatic heterocycles. The number of ketones is 1. The monoisotopic (exact) mass is 485 g/mol. The minimum absolute atomic E-state index is 0.0622. The number of hydrogen-bond acceptors (Lipinski definition) is 4. The molecule has 1 unspecified atom stereocenters. The SMILES string of the molecule is CCCC1=C(I)C(=O)CC(COCc2ccccc2)N1C(=O)OC(C)(C)C. The van der Waals surface area contributed by atoms with Gasteiger partial charge in [0.05, 0.1) is 22.8 Å². The normalized spacial score (nSPS) is 18.0. The lowest BCUT2D eigenvalue weighted by Crippen LogP contribution is -2.48. The number of carbonyl (C=O) groups excluding carboxylic acids is 2. The molecule has 1 aromatic carbocycles. The Morgan fingerprint density at radius 2 is 1.93 bits per heavy atom. The van der Waals surface area contributed by atoms with Crippen LogP contribution >= 0.6 is 22.6 Å². The maximum absolute atomic E-state index is 12.9. The van der Waals surface area contributed by atoms with E-state index in [1.54, 1.807) is 4.90 Å². The van der Waals surface area contributed by atoms with Crippen LogP contribution in [0.2, 0.25) is 0 Å². The smallest absolute Gasteiger partial charge is 0.414 e. The fourth-order valence-corrected chi connectivity index (χ4v) is 3.69. The Bertz CT molecular complexity index is 694. The third kappa shape index (κ3) is 6.31. The number of halogens is 1. The van der Waals surface area contributed by atoms with Gasteiger partial charge >= 0.3 is 6.09 Å². The predicted octanol–water partition coefficient (Wildman–Crippen LogP) is 5.23. The van der Waals surface area contributed by atoms with Crippen molar-refractivity contribution in [3.8, 4) is 0 Å². The molecule has 2 rings (SSSR count). The van der Waals surface area contributed by atoms with Crippen molar-refractivity contribution in [3.63, 3.8) is 0 Å². The van der Waals surface area contributed by atoms with E-state index in [4.69, 9.17) is 9.47 Å². The average molecular weight is 485 g/mol. The molecule has 0 fully saturated rings. The molecule has 1 heterocycles. The lowest BCUT2D eigenvalue weighted by atomic mass is 10.0. The van der Waals surface area contributed by atoms with Crippen molar-refractivity contribution in [1.29, 1.82) is 0 Å². The highest BCUT2D eigenvalue weighted by Gasteiger charge is 2.38. The Morgan fingerprint density at radius 3 is 2.52 bits per heavy atom. The van der Waals surface area contributed by atoms with Crippen LogP contribution < -0.4 is 0 Å². The number of allylic oxidation sites excluding steroid dienone is 2. The Balaban J connectivity index is 2.18. The van der Waals surface area contributed by atoms with E-state index in [9.17, 15) is 9.59 Å². The number of amides is 1. The summed E-state index contributed by atoms with van der Waals surface area (Å²) in [5, 5.41) is 0. The molecule has 5 nitrogen and oxygen atoms in total. The number of hydrogen-bond donors (Lipinski definition) is 0. The first-order valence-electron chi connectivity index (χ1n) is 9.28. The minimum atomic E-state index is -0.600. The lowest BCUT2D eigenvalue weighted by Gasteiger charge is -2.38. The van der Waals surface area contributed by atoms with Crippen molar-refractivity contribution < 1.29 is 19.1 Å². The zero-order valence-electron chi connectivity index (χ0n) is 16.5. The molecule has 1 aliphatic rings. The van der Waals surface area contributed by atoms with Crippen LogP contribution in [0.1, 0.15) is 52.5 Å². The molecular weight excluding hydrogens is 457 g/mol. The van der Waals surface area contributed by atoms with Crippen LogP contribution in [-0.2, 0) is 20.9 Å². The average Bonchev–Trinajstić information content (AvgIpc) is 2.58. The van der Waals surface area contributed by atoms with Crippen LogP contribution in [0.3, 0.4) is 0 Å². The van der Waals surface area contributed by atoms with Gasteiger partial charge in [-0.15, -0.1) is 0 Å². The van der Waals surface area contributed by atoms with E-state index in [2.05, 4.69) is 22.6 Å².